The van der Waals surface area contributed by atoms with E-state index >= 15 is 0 Å². The van der Waals surface area contributed by atoms with Gasteiger partial charge in [0.15, 0.2) is 0 Å². The number of ether oxygens (including phenoxy) is 3. The molecule has 0 aliphatic heterocycles. The molecule has 0 amide bonds. The second-order valence-corrected chi connectivity index (χ2v) is 4.22. The number of nitrogens with zero attached hydrogens (tertiary/aromatic N) is 1. The van der Waals surface area contributed by atoms with Crippen LogP contribution >= 0.6 is 0 Å². The lowest BCUT2D eigenvalue weighted by Crippen LogP contribution is -2.15. The van der Waals surface area contributed by atoms with Crippen molar-refractivity contribution in [2.45, 2.75) is 19.4 Å². The van der Waals surface area contributed by atoms with Crippen LogP contribution in [0.25, 0.3) is 0 Å². The number of hydrogen-bond donors (Lipinski definition) is 1. The summed E-state index contributed by atoms with van der Waals surface area (Å²) in [5.74, 6) is 0.696. The molecule has 5 nitrogen and oxygen atoms in total. The average molecular weight is 268 g/mol. The van der Waals surface area contributed by atoms with Crippen LogP contribution < -0.4 is 10.1 Å². The van der Waals surface area contributed by atoms with Crippen molar-refractivity contribution in [3.8, 4) is 5.88 Å². The highest BCUT2D eigenvalue weighted by Crippen LogP contribution is 2.21. The van der Waals surface area contributed by atoms with Gasteiger partial charge in [0.25, 0.3) is 0 Å². The Bertz CT molecular complexity index is 347. The molecule has 108 valence electrons. The van der Waals surface area contributed by atoms with E-state index in [1.165, 1.54) is 0 Å². The Morgan fingerprint density at radius 2 is 2.11 bits per heavy atom. The molecule has 0 radical (unpaired) electrons. The number of hydrogen-bond acceptors (Lipinski definition) is 5. The van der Waals surface area contributed by atoms with Gasteiger partial charge in [0.2, 0.25) is 5.88 Å². The van der Waals surface area contributed by atoms with Crippen molar-refractivity contribution in [3.63, 3.8) is 0 Å². The molecule has 0 bridgehead atoms. The first kappa shape index (κ1) is 15.9. The summed E-state index contributed by atoms with van der Waals surface area (Å²) in [7, 11) is 3.59. The summed E-state index contributed by atoms with van der Waals surface area (Å²) in [6.07, 6.45) is 2.59. The van der Waals surface area contributed by atoms with Crippen LogP contribution in [-0.2, 0) is 9.47 Å². The largest absolute Gasteiger partial charge is 0.477 e. The summed E-state index contributed by atoms with van der Waals surface area (Å²) >= 11 is 0. The van der Waals surface area contributed by atoms with E-state index in [1.807, 2.05) is 19.2 Å². The van der Waals surface area contributed by atoms with Gasteiger partial charge >= 0.3 is 0 Å². The average Bonchev–Trinajstić information content (AvgIpc) is 2.46. The number of rotatable bonds is 10. The van der Waals surface area contributed by atoms with E-state index in [2.05, 4.69) is 17.2 Å². The summed E-state index contributed by atoms with van der Waals surface area (Å²) in [5.41, 5.74) is 1.07. The maximum absolute atomic E-state index is 5.70. The lowest BCUT2D eigenvalue weighted by Gasteiger charge is -2.15. The fourth-order valence-corrected chi connectivity index (χ4v) is 1.58. The van der Waals surface area contributed by atoms with Crippen molar-refractivity contribution in [2.24, 2.45) is 0 Å². The Kier molecular flexibility index (Phi) is 8.13. The lowest BCUT2D eigenvalue weighted by atomic mass is 10.1. The van der Waals surface area contributed by atoms with Crippen molar-refractivity contribution in [3.05, 3.63) is 23.9 Å². The van der Waals surface area contributed by atoms with Gasteiger partial charge < -0.3 is 19.5 Å². The van der Waals surface area contributed by atoms with Gasteiger partial charge in [0.1, 0.15) is 0 Å². The summed E-state index contributed by atoms with van der Waals surface area (Å²) < 4.78 is 16.0. The zero-order valence-corrected chi connectivity index (χ0v) is 12.0. The highest BCUT2D eigenvalue weighted by Gasteiger charge is 2.10. The Balaban J connectivity index is 2.29. The molecule has 19 heavy (non-hydrogen) atoms. The number of nitrogens with one attached hydrogen (secondary N) is 1. The molecule has 1 aromatic heterocycles. The number of aromatic nitrogens is 1. The molecule has 5 heteroatoms. The molecule has 1 rings (SSSR count). The quantitative estimate of drug-likeness (QED) is 0.656. The molecule has 1 N–H and O–H groups in total. The van der Waals surface area contributed by atoms with Crippen LogP contribution in [0.15, 0.2) is 18.3 Å². The molecule has 0 saturated carbocycles. The van der Waals surface area contributed by atoms with Crippen LogP contribution in [0.1, 0.15) is 24.9 Å². The molecule has 0 aromatic carbocycles. The van der Waals surface area contributed by atoms with Crippen molar-refractivity contribution in [1.29, 1.82) is 0 Å². The standard InChI is InChI=1S/C14H24N2O3/c1-12(15-2)13-6-4-7-16-14(13)19-9-5-8-18-11-10-17-3/h4,6-7,12,15H,5,8-11H2,1-3H3. The van der Waals surface area contributed by atoms with Crippen molar-refractivity contribution < 1.29 is 14.2 Å². The fourth-order valence-electron chi connectivity index (χ4n) is 1.58. The minimum absolute atomic E-state index is 0.224. The third-order valence-corrected chi connectivity index (χ3v) is 2.80. The molecule has 0 fully saturated rings. The third-order valence-electron chi connectivity index (χ3n) is 2.80. The molecule has 0 aliphatic rings. The van der Waals surface area contributed by atoms with Crippen LogP contribution in [0.4, 0.5) is 0 Å². The maximum atomic E-state index is 5.70. The van der Waals surface area contributed by atoms with Crippen LogP contribution in [0.3, 0.4) is 0 Å². The normalized spacial score (nSPS) is 12.4. The second kappa shape index (κ2) is 9.72. The minimum Gasteiger partial charge on any atom is -0.477 e. The Hall–Kier alpha value is -1.17. The van der Waals surface area contributed by atoms with E-state index in [1.54, 1.807) is 13.3 Å². The van der Waals surface area contributed by atoms with Crippen molar-refractivity contribution >= 4 is 0 Å². The fraction of sp³-hybridized carbons (Fsp3) is 0.643. The highest BCUT2D eigenvalue weighted by atomic mass is 16.5. The van der Waals surface area contributed by atoms with E-state index < -0.39 is 0 Å². The van der Waals surface area contributed by atoms with E-state index in [9.17, 15) is 0 Å². The van der Waals surface area contributed by atoms with Gasteiger partial charge in [-0.2, -0.15) is 0 Å². The first-order valence-electron chi connectivity index (χ1n) is 6.61. The molecule has 0 spiro atoms. The van der Waals surface area contributed by atoms with Gasteiger partial charge in [-0.15, -0.1) is 0 Å². The molecule has 1 unspecified atom stereocenters. The Morgan fingerprint density at radius 1 is 1.26 bits per heavy atom. The van der Waals surface area contributed by atoms with Gasteiger partial charge in [-0.3, -0.25) is 0 Å². The van der Waals surface area contributed by atoms with E-state index in [-0.39, 0.29) is 6.04 Å². The lowest BCUT2D eigenvalue weighted by molar-refractivity contribution is 0.0641. The molecule has 1 aromatic rings. The van der Waals surface area contributed by atoms with Gasteiger partial charge in [-0.1, -0.05) is 6.07 Å². The minimum atomic E-state index is 0.224. The maximum Gasteiger partial charge on any atom is 0.218 e. The predicted molar refractivity (Wildman–Crippen MR) is 74.5 cm³/mol. The summed E-state index contributed by atoms with van der Waals surface area (Å²) in [5, 5.41) is 3.19. The zero-order valence-electron chi connectivity index (χ0n) is 12.0. The molecule has 0 saturated heterocycles. The first-order chi connectivity index (χ1) is 9.29. The highest BCUT2D eigenvalue weighted by molar-refractivity contribution is 5.28. The van der Waals surface area contributed by atoms with Crippen LogP contribution in [0, 0.1) is 0 Å². The SMILES string of the molecule is CNC(C)c1cccnc1OCCCOCCOC. The Morgan fingerprint density at radius 3 is 2.84 bits per heavy atom. The first-order valence-corrected chi connectivity index (χ1v) is 6.61. The summed E-state index contributed by atoms with van der Waals surface area (Å²) in [6, 6.07) is 4.17. The molecule has 1 atom stereocenters. The summed E-state index contributed by atoms with van der Waals surface area (Å²) in [6.45, 7) is 4.62. The monoisotopic (exact) mass is 268 g/mol. The molecule has 0 aliphatic carbocycles. The topological polar surface area (TPSA) is 52.6 Å². The molecular weight excluding hydrogens is 244 g/mol. The summed E-state index contributed by atoms with van der Waals surface area (Å²) in [4.78, 5) is 4.27. The van der Waals surface area contributed by atoms with Crippen molar-refractivity contribution in [1.82, 2.24) is 10.3 Å². The second-order valence-electron chi connectivity index (χ2n) is 4.22. The van der Waals surface area contributed by atoms with E-state index in [0.717, 1.165) is 12.0 Å². The van der Waals surface area contributed by atoms with E-state index in [0.29, 0.717) is 32.3 Å². The van der Waals surface area contributed by atoms with Crippen LogP contribution in [0.2, 0.25) is 0 Å². The van der Waals surface area contributed by atoms with Crippen molar-refractivity contribution in [2.75, 3.05) is 40.6 Å². The Labute approximate surface area is 115 Å². The molecular formula is C14H24N2O3. The van der Waals surface area contributed by atoms with Gasteiger partial charge in [-0.25, -0.2) is 4.98 Å². The number of methoxy groups -OCH3 is 1. The van der Waals surface area contributed by atoms with Crippen LogP contribution in [-0.4, -0.2) is 45.6 Å². The van der Waals surface area contributed by atoms with Crippen LogP contribution in [0.5, 0.6) is 5.88 Å². The van der Waals surface area contributed by atoms with Gasteiger partial charge in [-0.05, 0) is 20.0 Å². The predicted octanol–water partition coefficient (Wildman–Crippen LogP) is 1.79. The zero-order chi connectivity index (χ0) is 13.9. The van der Waals surface area contributed by atoms with Gasteiger partial charge in [0.05, 0.1) is 19.8 Å². The number of pyridine rings is 1. The smallest absolute Gasteiger partial charge is 0.218 e. The third kappa shape index (κ3) is 6.00. The van der Waals surface area contributed by atoms with Gasteiger partial charge in [0, 0.05) is 37.9 Å². The molecule has 1 heterocycles. The van der Waals surface area contributed by atoms with E-state index in [4.69, 9.17) is 14.2 Å².